The van der Waals surface area contributed by atoms with Gasteiger partial charge < -0.3 is 5.32 Å². The van der Waals surface area contributed by atoms with Crippen molar-refractivity contribution in [3.05, 3.63) is 76.0 Å². The van der Waals surface area contributed by atoms with Crippen LogP contribution in [0.1, 0.15) is 21.7 Å². The van der Waals surface area contributed by atoms with Gasteiger partial charge in [-0.2, -0.15) is 31.0 Å². The summed E-state index contributed by atoms with van der Waals surface area (Å²) in [5.74, 6) is -1.78. The Hall–Kier alpha value is -3.57. The van der Waals surface area contributed by atoms with Gasteiger partial charge in [-0.25, -0.2) is 4.79 Å². The highest BCUT2D eigenvalue weighted by atomic mass is 19.4. The van der Waals surface area contributed by atoms with Gasteiger partial charge in [-0.3, -0.25) is 9.78 Å². The first kappa shape index (κ1) is 20.2. The summed E-state index contributed by atoms with van der Waals surface area (Å²) in [4.78, 5) is 26.2. The highest BCUT2D eigenvalue weighted by Crippen LogP contribution is 2.37. The first-order valence-corrected chi connectivity index (χ1v) is 7.81. The van der Waals surface area contributed by atoms with E-state index in [1.165, 1.54) is 12.1 Å². The van der Waals surface area contributed by atoms with E-state index in [1.807, 2.05) is 5.32 Å². The van der Waals surface area contributed by atoms with Crippen LogP contribution in [0.5, 0.6) is 0 Å². The number of amides is 1. The Morgan fingerprint density at radius 3 is 2.00 bits per heavy atom. The Morgan fingerprint density at radius 1 is 0.931 bits per heavy atom. The molecule has 0 radical (unpaired) electrons. The normalized spacial score (nSPS) is 12.1. The van der Waals surface area contributed by atoms with E-state index in [1.54, 1.807) is 18.2 Å². The number of alkyl halides is 6. The second-order valence-corrected chi connectivity index (χ2v) is 5.77. The van der Waals surface area contributed by atoms with E-state index < -0.39 is 46.6 Å². The number of aromatic nitrogens is 3. The molecule has 0 saturated heterocycles. The molecule has 0 aliphatic heterocycles. The maximum absolute atomic E-state index is 12.9. The molecule has 0 atom stereocenters. The Labute approximate surface area is 157 Å². The lowest BCUT2D eigenvalue weighted by atomic mass is 10.1. The fourth-order valence-corrected chi connectivity index (χ4v) is 2.39. The van der Waals surface area contributed by atoms with Crippen LogP contribution in [0.3, 0.4) is 0 Å². The first-order valence-electron chi connectivity index (χ1n) is 7.81. The van der Waals surface area contributed by atoms with Gasteiger partial charge in [-0.1, -0.05) is 18.2 Å². The number of hydrogen-bond donors (Lipinski definition) is 2. The number of nitrogens with zero attached hydrogens (tertiary/aromatic N) is 2. The van der Waals surface area contributed by atoms with Crippen LogP contribution >= 0.6 is 0 Å². The van der Waals surface area contributed by atoms with Crippen molar-refractivity contribution >= 4 is 11.6 Å². The van der Waals surface area contributed by atoms with Crippen molar-refractivity contribution in [2.45, 2.75) is 12.4 Å². The zero-order chi connectivity index (χ0) is 21.4. The number of benzene rings is 2. The molecule has 0 fully saturated rings. The monoisotopic (exact) mass is 416 g/mol. The van der Waals surface area contributed by atoms with Gasteiger partial charge in [-0.15, -0.1) is 5.10 Å². The van der Waals surface area contributed by atoms with E-state index in [9.17, 15) is 35.9 Å². The zero-order valence-corrected chi connectivity index (χ0v) is 14.1. The number of hydrogen-bond acceptors (Lipinski definition) is 3. The van der Waals surface area contributed by atoms with E-state index in [0.717, 1.165) is 4.68 Å². The maximum Gasteiger partial charge on any atom is 0.416 e. The number of carbonyl (C=O) groups is 1. The molecule has 0 bridgehead atoms. The molecule has 2 N–H and O–H groups in total. The van der Waals surface area contributed by atoms with E-state index in [4.69, 9.17) is 0 Å². The molecule has 0 spiro atoms. The molecule has 0 aliphatic carbocycles. The summed E-state index contributed by atoms with van der Waals surface area (Å²) < 4.78 is 78.2. The van der Waals surface area contributed by atoms with Gasteiger partial charge in [0.05, 0.1) is 16.8 Å². The Balaban J connectivity index is 1.94. The molecular weight excluding hydrogens is 406 g/mol. The number of halogens is 6. The van der Waals surface area contributed by atoms with Crippen LogP contribution < -0.4 is 11.0 Å². The second kappa shape index (κ2) is 7.11. The quantitative estimate of drug-likeness (QED) is 0.637. The summed E-state index contributed by atoms with van der Waals surface area (Å²) in [6.07, 6.45) is -10.1. The van der Waals surface area contributed by atoms with Crippen LogP contribution in [-0.4, -0.2) is 20.7 Å². The second-order valence-electron chi connectivity index (χ2n) is 5.77. The molecule has 1 amide bonds. The average Bonchev–Trinajstić information content (AvgIpc) is 3.02. The molecule has 6 nitrogen and oxygen atoms in total. The minimum Gasteiger partial charge on any atom is -0.319 e. The Morgan fingerprint density at radius 2 is 1.48 bits per heavy atom. The van der Waals surface area contributed by atoms with E-state index in [0.29, 0.717) is 17.8 Å². The molecule has 1 aromatic heterocycles. The van der Waals surface area contributed by atoms with Crippen molar-refractivity contribution in [3.8, 4) is 5.69 Å². The molecule has 12 heteroatoms. The van der Waals surface area contributed by atoms with Crippen LogP contribution in [0.4, 0.5) is 32.0 Å². The van der Waals surface area contributed by atoms with Gasteiger partial charge >= 0.3 is 18.0 Å². The van der Waals surface area contributed by atoms with E-state index in [2.05, 4.69) is 10.1 Å². The minimum absolute atomic E-state index is 0.0678. The number of nitrogens with one attached hydrogen (secondary N) is 2. The van der Waals surface area contributed by atoms with Crippen LogP contribution in [0.15, 0.2) is 53.3 Å². The smallest absolute Gasteiger partial charge is 0.319 e. The number of carbonyl (C=O) groups excluding carboxylic acids is 1. The fourth-order valence-electron chi connectivity index (χ4n) is 2.39. The van der Waals surface area contributed by atoms with Gasteiger partial charge in [0.2, 0.25) is 5.82 Å². The molecule has 29 heavy (non-hydrogen) atoms. The number of anilines is 1. The van der Waals surface area contributed by atoms with Crippen LogP contribution in [0.25, 0.3) is 5.69 Å². The standard InChI is InChI=1S/C17H10F6N4O2/c18-16(19,20)9-6-10(17(21,22)23)8-11(7-9)24-14(28)13-25-15(29)27(26-13)12-4-2-1-3-5-12/h1-8H,(H,24,28)(H,25,26,29). The summed E-state index contributed by atoms with van der Waals surface area (Å²) in [6.45, 7) is 0. The lowest BCUT2D eigenvalue weighted by Gasteiger charge is -2.14. The molecule has 2 aromatic carbocycles. The molecule has 0 aliphatic rings. The predicted molar refractivity (Wildman–Crippen MR) is 88.6 cm³/mol. The molecule has 3 rings (SSSR count). The predicted octanol–water partition coefficient (Wildman–Crippen LogP) is 3.85. The zero-order valence-electron chi connectivity index (χ0n) is 14.1. The summed E-state index contributed by atoms with van der Waals surface area (Å²) in [7, 11) is 0. The number of rotatable bonds is 3. The third kappa shape index (κ3) is 4.47. The minimum atomic E-state index is -5.07. The summed E-state index contributed by atoms with van der Waals surface area (Å²) in [5, 5.41) is 5.60. The maximum atomic E-state index is 12.9. The van der Waals surface area contributed by atoms with E-state index >= 15 is 0 Å². The van der Waals surface area contributed by atoms with Crippen LogP contribution in [0, 0.1) is 0 Å². The van der Waals surface area contributed by atoms with Gasteiger partial charge in [0.15, 0.2) is 0 Å². The Bertz CT molecular complexity index is 1070. The number of para-hydroxylation sites is 1. The summed E-state index contributed by atoms with van der Waals surface area (Å²) in [6, 6.07) is 8.49. The topological polar surface area (TPSA) is 79.8 Å². The molecule has 152 valence electrons. The highest BCUT2D eigenvalue weighted by molar-refractivity contribution is 6.01. The van der Waals surface area contributed by atoms with Gasteiger partial charge in [0, 0.05) is 5.69 Å². The molecule has 1 heterocycles. The first-order chi connectivity index (χ1) is 13.4. The van der Waals surface area contributed by atoms with Crippen molar-refractivity contribution in [3.63, 3.8) is 0 Å². The molecule has 3 aromatic rings. The van der Waals surface area contributed by atoms with Crippen LogP contribution in [0.2, 0.25) is 0 Å². The third-order valence-electron chi connectivity index (χ3n) is 3.68. The Kier molecular flexibility index (Phi) is 4.95. The van der Waals surface area contributed by atoms with Gasteiger partial charge in [0.25, 0.3) is 5.91 Å². The van der Waals surface area contributed by atoms with E-state index in [-0.39, 0.29) is 6.07 Å². The highest BCUT2D eigenvalue weighted by Gasteiger charge is 2.37. The largest absolute Gasteiger partial charge is 0.416 e. The van der Waals surface area contributed by atoms with Crippen molar-refractivity contribution in [1.29, 1.82) is 0 Å². The molecule has 0 unspecified atom stereocenters. The van der Waals surface area contributed by atoms with Crippen molar-refractivity contribution in [2.24, 2.45) is 0 Å². The lowest BCUT2D eigenvalue weighted by Crippen LogP contribution is -2.17. The molecule has 0 saturated carbocycles. The third-order valence-corrected chi connectivity index (χ3v) is 3.68. The van der Waals surface area contributed by atoms with Crippen molar-refractivity contribution in [1.82, 2.24) is 14.8 Å². The van der Waals surface area contributed by atoms with Crippen molar-refractivity contribution in [2.75, 3.05) is 5.32 Å². The number of H-pyrrole nitrogens is 1. The summed E-state index contributed by atoms with van der Waals surface area (Å²) in [5.41, 5.74) is -4.46. The fraction of sp³-hybridized carbons (Fsp3) is 0.118. The molecular formula is C17H10F6N4O2. The number of aromatic amines is 1. The van der Waals surface area contributed by atoms with Gasteiger partial charge in [-0.05, 0) is 30.3 Å². The van der Waals surface area contributed by atoms with Gasteiger partial charge in [0.1, 0.15) is 0 Å². The lowest BCUT2D eigenvalue weighted by molar-refractivity contribution is -0.143. The average molecular weight is 416 g/mol. The van der Waals surface area contributed by atoms with Crippen LogP contribution in [-0.2, 0) is 12.4 Å². The van der Waals surface area contributed by atoms with Crippen molar-refractivity contribution < 1.29 is 31.1 Å². The summed E-state index contributed by atoms with van der Waals surface area (Å²) >= 11 is 0. The SMILES string of the molecule is O=C(Nc1cc(C(F)(F)F)cc(C(F)(F)F)c1)c1nn(-c2ccccc2)c(=O)[nH]1.